The number of ether oxygens (including phenoxy) is 1. The highest BCUT2D eigenvalue weighted by Crippen LogP contribution is 2.20. The van der Waals surface area contributed by atoms with Gasteiger partial charge in [0.15, 0.2) is 0 Å². The van der Waals surface area contributed by atoms with Gasteiger partial charge in [-0.25, -0.2) is 14.6 Å². The van der Waals surface area contributed by atoms with E-state index in [2.05, 4.69) is 45.5 Å². The number of hydrogen-bond acceptors (Lipinski definition) is 8. The van der Waals surface area contributed by atoms with Crippen molar-refractivity contribution in [2.45, 2.75) is 83.1 Å². The Labute approximate surface area is 296 Å². The predicted molar refractivity (Wildman–Crippen MR) is 193 cm³/mol. The molecule has 0 spiro atoms. The molecule has 13 heteroatoms. The fourth-order valence-electron chi connectivity index (χ4n) is 5.32. The Hall–Kier alpha value is -4.33. The van der Waals surface area contributed by atoms with Crippen molar-refractivity contribution in [3.8, 4) is 0 Å². The van der Waals surface area contributed by atoms with Crippen LogP contribution in [0.1, 0.15) is 65.7 Å². The molecule has 0 saturated heterocycles. The van der Waals surface area contributed by atoms with E-state index in [0.717, 1.165) is 26.7 Å². The van der Waals surface area contributed by atoms with Crippen LogP contribution in [0.2, 0.25) is 0 Å². The molecule has 262 valence electrons. The highest BCUT2D eigenvalue weighted by atomic mass is 32.1. The first-order chi connectivity index (χ1) is 23.7. The van der Waals surface area contributed by atoms with Gasteiger partial charge in [0.1, 0.15) is 12.6 Å². The second kappa shape index (κ2) is 19.6. The quantitative estimate of drug-likeness (QED) is 0.115. The Bertz CT molecular complexity index is 1570. The zero-order chi connectivity index (χ0) is 35.0. The summed E-state index contributed by atoms with van der Waals surface area (Å²) >= 11 is 3.01. The Morgan fingerprint density at radius 3 is 2.06 bits per heavy atom. The minimum absolute atomic E-state index is 0.151. The van der Waals surface area contributed by atoms with Crippen LogP contribution in [-0.2, 0) is 35.5 Å². The molecular formula is C36H48N7O4S2+. The van der Waals surface area contributed by atoms with E-state index in [4.69, 9.17) is 4.74 Å². The molecule has 0 fully saturated rings. The highest BCUT2D eigenvalue weighted by Gasteiger charge is 2.26. The molecule has 3 atom stereocenters. The summed E-state index contributed by atoms with van der Waals surface area (Å²) < 4.78 is 5.48. The van der Waals surface area contributed by atoms with Gasteiger partial charge in [-0.15, -0.1) is 22.7 Å². The lowest BCUT2D eigenvalue weighted by molar-refractivity contribution is -0.368. The SMILES string of the molecule is CC(C)c1nc(CN(C)C(=O)NC(CC[NH3+])C(=O)NC(CCC(Cc2ccccc2)NC(=O)OCc2cncs2)Cc2ccccc2)cs1. The first-order valence-electron chi connectivity index (χ1n) is 16.6. The van der Waals surface area contributed by atoms with Crippen LogP contribution in [0.5, 0.6) is 0 Å². The molecule has 11 nitrogen and oxygen atoms in total. The van der Waals surface area contributed by atoms with Crippen molar-refractivity contribution in [2.24, 2.45) is 0 Å². The Morgan fingerprint density at radius 1 is 0.878 bits per heavy atom. The molecule has 0 aliphatic rings. The van der Waals surface area contributed by atoms with E-state index in [0.29, 0.717) is 51.1 Å². The van der Waals surface area contributed by atoms with E-state index in [1.54, 1.807) is 30.1 Å². The van der Waals surface area contributed by atoms with Gasteiger partial charge in [-0.2, -0.15) is 0 Å². The lowest BCUT2D eigenvalue weighted by Crippen LogP contribution is -2.58. The number of amides is 4. The first-order valence-corrected chi connectivity index (χ1v) is 18.4. The summed E-state index contributed by atoms with van der Waals surface area (Å²) in [5.74, 6) is 0.0536. The van der Waals surface area contributed by atoms with Crippen molar-refractivity contribution in [3.05, 3.63) is 104 Å². The zero-order valence-electron chi connectivity index (χ0n) is 28.5. The van der Waals surface area contributed by atoms with Gasteiger partial charge in [-0.3, -0.25) is 9.78 Å². The molecule has 2 aromatic heterocycles. The number of urea groups is 1. The van der Waals surface area contributed by atoms with Crippen LogP contribution in [0.4, 0.5) is 9.59 Å². The summed E-state index contributed by atoms with van der Waals surface area (Å²) in [6.45, 7) is 5.14. The maximum absolute atomic E-state index is 13.8. The van der Waals surface area contributed by atoms with Gasteiger partial charge >= 0.3 is 12.1 Å². The number of hydrogen-bond donors (Lipinski definition) is 4. The number of quaternary nitrogens is 1. The van der Waals surface area contributed by atoms with Gasteiger partial charge in [-0.1, -0.05) is 74.5 Å². The molecule has 0 saturated carbocycles. The van der Waals surface area contributed by atoms with Crippen LogP contribution < -0.4 is 21.7 Å². The number of aromatic nitrogens is 2. The second-order valence-electron chi connectivity index (χ2n) is 12.4. The summed E-state index contributed by atoms with van der Waals surface area (Å²) in [5, 5.41) is 12.2. The molecular weight excluding hydrogens is 659 g/mol. The first kappa shape index (κ1) is 37.5. The molecule has 3 unspecified atom stereocenters. The minimum atomic E-state index is -0.757. The Morgan fingerprint density at radius 2 is 1.51 bits per heavy atom. The molecule has 0 aliphatic heterocycles. The third-order valence-electron chi connectivity index (χ3n) is 7.93. The number of rotatable bonds is 18. The molecule has 0 radical (unpaired) electrons. The van der Waals surface area contributed by atoms with Crippen LogP contribution in [0, 0.1) is 0 Å². The van der Waals surface area contributed by atoms with E-state index >= 15 is 0 Å². The van der Waals surface area contributed by atoms with Crippen molar-refractivity contribution in [3.63, 3.8) is 0 Å². The van der Waals surface area contributed by atoms with Crippen LogP contribution in [0.25, 0.3) is 0 Å². The maximum atomic E-state index is 13.8. The van der Waals surface area contributed by atoms with E-state index < -0.39 is 12.1 Å². The van der Waals surface area contributed by atoms with E-state index in [9.17, 15) is 14.4 Å². The average Bonchev–Trinajstić information content (AvgIpc) is 3.80. The zero-order valence-corrected chi connectivity index (χ0v) is 30.1. The van der Waals surface area contributed by atoms with Gasteiger partial charge in [0, 0.05) is 43.0 Å². The number of carbonyl (C=O) groups is 3. The van der Waals surface area contributed by atoms with Gasteiger partial charge in [0.05, 0.1) is 34.2 Å². The topological polar surface area (TPSA) is 153 Å². The smallest absolute Gasteiger partial charge is 0.407 e. The van der Waals surface area contributed by atoms with Crippen LogP contribution in [-0.4, -0.2) is 64.6 Å². The second-order valence-corrected chi connectivity index (χ2v) is 14.2. The van der Waals surface area contributed by atoms with Crippen molar-refractivity contribution in [1.82, 2.24) is 30.8 Å². The van der Waals surface area contributed by atoms with Crippen LogP contribution in [0.15, 0.2) is 77.8 Å². The standard InChI is InChI=1S/C36H47N7O4S2/c1-25(2)34-40-30(23-48-34)21-43(3)35(45)42-32(16-17-37)33(44)39-28(18-26-10-6-4-7-11-26)14-15-29(19-27-12-8-5-9-13-27)41-36(46)47-22-31-20-38-24-49-31/h4-13,20,23-25,28-29,32H,14-19,21-22,37H2,1-3H3,(H,39,44)(H,41,46)(H,42,45)/p+1. The molecule has 2 heterocycles. The van der Waals surface area contributed by atoms with Gasteiger partial charge in [-0.05, 0) is 36.8 Å². The number of carbonyl (C=O) groups excluding carboxylic acids is 3. The maximum Gasteiger partial charge on any atom is 0.407 e. The molecule has 4 aromatic rings. The average molecular weight is 707 g/mol. The summed E-state index contributed by atoms with van der Waals surface area (Å²) in [6, 6.07) is 18.3. The number of alkyl carbamates (subject to hydrolysis) is 1. The van der Waals surface area contributed by atoms with Crippen molar-refractivity contribution in [1.29, 1.82) is 0 Å². The molecule has 2 aromatic carbocycles. The fourth-order valence-corrected chi connectivity index (χ4v) is 6.65. The Kier molecular flexibility index (Phi) is 15.0. The largest absolute Gasteiger partial charge is 0.444 e. The molecule has 4 amide bonds. The summed E-state index contributed by atoms with van der Waals surface area (Å²) in [7, 11) is 1.70. The lowest BCUT2D eigenvalue weighted by atomic mass is 9.95. The molecule has 6 N–H and O–H groups in total. The third-order valence-corrected chi connectivity index (χ3v) is 9.87. The predicted octanol–water partition coefficient (Wildman–Crippen LogP) is 4.91. The summed E-state index contributed by atoms with van der Waals surface area (Å²) in [5.41, 5.74) is 8.62. The van der Waals surface area contributed by atoms with Gasteiger partial charge in [0.25, 0.3) is 0 Å². The molecule has 0 aliphatic carbocycles. The van der Waals surface area contributed by atoms with Crippen molar-refractivity contribution >= 4 is 40.7 Å². The van der Waals surface area contributed by atoms with E-state index in [-0.39, 0.29) is 30.6 Å². The molecule has 4 rings (SSSR count). The number of thiazole rings is 2. The fraction of sp³-hybridized carbons (Fsp3) is 0.417. The van der Waals surface area contributed by atoms with Crippen molar-refractivity contribution in [2.75, 3.05) is 13.6 Å². The van der Waals surface area contributed by atoms with Crippen molar-refractivity contribution < 1.29 is 24.9 Å². The highest BCUT2D eigenvalue weighted by molar-refractivity contribution is 7.09. The number of nitrogens with zero attached hydrogens (tertiary/aromatic N) is 3. The van der Waals surface area contributed by atoms with E-state index in [1.165, 1.54) is 16.2 Å². The lowest BCUT2D eigenvalue weighted by Gasteiger charge is -2.26. The Balaban J connectivity index is 1.42. The van der Waals surface area contributed by atoms with E-state index in [1.807, 2.05) is 66.0 Å². The third kappa shape index (κ3) is 12.9. The van der Waals surface area contributed by atoms with Crippen LogP contribution >= 0.6 is 22.7 Å². The summed E-state index contributed by atoms with van der Waals surface area (Å²) in [6.07, 6.45) is 3.94. The normalized spacial score (nSPS) is 12.9. The minimum Gasteiger partial charge on any atom is -0.444 e. The molecule has 49 heavy (non-hydrogen) atoms. The monoisotopic (exact) mass is 706 g/mol. The molecule has 0 bridgehead atoms. The van der Waals surface area contributed by atoms with Gasteiger partial charge in [0.2, 0.25) is 5.91 Å². The summed E-state index contributed by atoms with van der Waals surface area (Å²) in [4.78, 5) is 50.9. The number of nitrogens with one attached hydrogen (secondary N) is 3. The number of benzene rings is 2. The van der Waals surface area contributed by atoms with Crippen LogP contribution in [0.3, 0.4) is 0 Å². The van der Waals surface area contributed by atoms with Gasteiger partial charge < -0.3 is 31.3 Å².